The number of rotatable bonds is 2. The van der Waals surface area contributed by atoms with Crippen LogP contribution in [-0.2, 0) is 0 Å². The topological polar surface area (TPSA) is 34.4 Å². The minimum atomic E-state index is 0.162. The van der Waals surface area contributed by atoms with Crippen molar-refractivity contribution in [3.8, 4) is 17.2 Å². The molecule has 0 aliphatic carbocycles. The third kappa shape index (κ3) is 1.88. The van der Waals surface area contributed by atoms with Gasteiger partial charge in [-0.25, -0.2) is 0 Å². The molecule has 3 aromatic rings. The Bertz CT molecular complexity index is 778. The van der Waals surface area contributed by atoms with Crippen molar-refractivity contribution in [1.29, 1.82) is 0 Å². The maximum absolute atomic E-state index is 10.3. The molecule has 3 rings (SSSR count). The first-order chi connectivity index (χ1) is 9.63. The first-order valence-electron chi connectivity index (χ1n) is 6.26. The van der Waals surface area contributed by atoms with E-state index in [2.05, 4.69) is 20.5 Å². The molecule has 0 aliphatic heterocycles. The van der Waals surface area contributed by atoms with Crippen LogP contribution in [0.2, 0.25) is 0 Å². The monoisotopic (exact) mass is 331 g/mol. The Labute approximate surface area is 125 Å². The van der Waals surface area contributed by atoms with Gasteiger partial charge in [0.25, 0.3) is 0 Å². The lowest BCUT2D eigenvalue weighted by Crippen LogP contribution is -1.96. The van der Waals surface area contributed by atoms with E-state index in [9.17, 15) is 5.11 Å². The number of hydrogen-bond acceptors (Lipinski definition) is 2. The van der Waals surface area contributed by atoms with Gasteiger partial charge in [-0.3, -0.25) is 0 Å². The van der Waals surface area contributed by atoms with Crippen LogP contribution >= 0.6 is 15.9 Å². The quantitative estimate of drug-likeness (QED) is 0.754. The number of para-hydroxylation sites is 1. The van der Waals surface area contributed by atoms with Gasteiger partial charge in [0.2, 0.25) is 0 Å². The van der Waals surface area contributed by atoms with Gasteiger partial charge in [0, 0.05) is 16.8 Å². The molecule has 0 atom stereocenters. The third-order valence-electron chi connectivity index (χ3n) is 3.39. The van der Waals surface area contributed by atoms with Crippen molar-refractivity contribution in [2.45, 2.75) is 6.92 Å². The molecule has 0 radical (unpaired) electrons. The molecule has 0 saturated carbocycles. The van der Waals surface area contributed by atoms with Gasteiger partial charge in [-0.15, -0.1) is 0 Å². The summed E-state index contributed by atoms with van der Waals surface area (Å²) >= 11 is 3.45. The number of aryl methyl sites for hydroxylation is 1. The van der Waals surface area contributed by atoms with Crippen molar-refractivity contribution in [3.63, 3.8) is 0 Å². The van der Waals surface area contributed by atoms with E-state index in [-0.39, 0.29) is 5.75 Å². The number of aromatic nitrogens is 1. The van der Waals surface area contributed by atoms with Crippen molar-refractivity contribution < 1.29 is 9.84 Å². The van der Waals surface area contributed by atoms with E-state index in [1.54, 1.807) is 7.11 Å². The fraction of sp³-hybridized carbons (Fsp3) is 0.125. The van der Waals surface area contributed by atoms with Crippen LogP contribution in [0.1, 0.15) is 5.69 Å². The highest BCUT2D eigenvalue weighted by Gasteiger charge is 2.17. The number of phenols is 1. The van der Waals surface area contributed by atoms with E-state index in [1.807, 2.05) is 49.4 Å². The van der Waals surface area contributed by atoms with E-state index < -0.39 is 0 Å². The molecule has 1 heterocycles. The average molecular weight is 332 g/mol. The summed E-state index contributed by atoms with van der Waals surface area (Å²) in [6, 6.07) is 14.0. The summed E-state index contributed by atoms with van der Waals surface area (Å²) in [4.78, 5) is 0. The van der Waals surface area contributed by atoms with E-state index in [0.717, 1.165) is 26.8 Å². The maximum atomic E-state index is 10.3. The average Bonchev–Trinajstić information content (AvgIpc) is 2.77. The Hall–Kier alpha value is -1.94. The van der Waals surface area contributed by atoms with E-state index in [0.29, 0.717) is 5.75 Å². The van der Waals surface area contributed by atoms with Gasteiger partial charge in [-0.1, -0.05) is 18.2 Å². The Morgan fingerprint density at radius 2 is 1.85 bits per heavy atom. The van der Waals surface area contributed by atoms with E-state index in [1.165, 1.54) is 0 Å². The number of fused-ring (bicyclic) bond motifs is 1. The zero-order valence-corrected chi connectivity index (χ0v) is 12.8. The lowest BCUT2D eigenvalue weighted by Gasteiger charge is -2.11. The largest absolute Gasteiger partial charge is 0.504 e. The summed E-state index contributed by atoms with van der Waals surface area (Å²) in [6.45, 7) is 2.02. The van der Waals surface area contributed by atoms with Gasteiger partial charge >= 0.3 is 0 Å². The van der Waals surface area contributed by atoms with Crippen LogP contribution in [-0.4, -0.2) is 16.8 Å². The highest BCUT2D eigenvalue weighted by molar-refractivity contribution is 9.10. The van der Waals surface area contributed by atoms with Crippen LogP contribution in [0.4, 0.5) is 0 Å². The number of nitrogens with zero attached hydrogens (tertiary/aromatic N) is 1. The number of methoxy groups -OCH3 is 1. The molecule has 0 spiro atoms. The first kappa shape index (κ1) is 13.1. The molecule has 4 heteroatoms. The van der Waals surface area contributed by atoms with E-state index >= 15 is 0 Å². The molecule has 0 bridgehead atoms. The van der Waals surface area contributed by atoms with Crippen molar-refractivity contribution in [3.05, 3.63) is 52.6 Å². The maximum Gasteiger partial charge on any atom is 0.175 e. The molecule has 20 heavy (non-hydrogen) atoms. The van der Waals surface area contributed by atoms with Gasteiger partial charge in [-0.2, -0.15) is 0 Å². The molecule has 2 aromatic carbocycles. The molecule has 0 saturated heterocycles. The molecule has 3 nitrogen and oxygen atoms in total. The van der Waals surface area contributed by atoms with E-state index in [4.69, 9.17) is 4.74 Å². The standard InChI is InChI=1S/C16H14BrNO2/c1-10-8-12-14(9-13(17)16(20-2)15(12)19)18(10)11-6-4-3-5-7-11/h3-9,19H,1-2H3. The molecular formula is C16H14BrNO2. The first-order valence-corrected chi connectivity index (χ1v) is 7.05. The summed E-state index contributed by atoms with van der Waals surface area (Å²) < 4.78 is 8.08. The van der Waals surface area contributed by atoms with Crippen LogP contribution in [0, 0.1) is 6.92 Å². The SMILES string of the molecule is COc1c(Br)cc2c(cc(C)n2-c2ccccc2)c1O. The Kier molecular flexibility index (Phi) is 3.18. The van der Waals surface area contributed by atoms with Crippen LogP contribution in [0.15, 0.2) is 46.9 Å². The fourth-order valence-electron chi connectivity index (χ4n) is 2.52. The lowest BCUT2D eigenvalue weighted by atomic mass is 10.2. The van der Waals surface area contributed by atoms with Crippen LogP contribution in [0.3, 0.4) is 0 Å². The third-order valence-corrected chi connectivity index (χ3v) is 3.98. The van der Waals surface area contributed by atoms with Crippen LogP contribution < -0.4 is 4.74 Å². The fourth-order valence-corrected chi connectivity index (χ4v) is 3.09. The number of phenolic OH excluding ortho intramolecular Hbond substituents is 1. The van der Waals surface area contributed by atoms with Crippen molar-refractivity contribution >= 4 is 26.8 Å². The number of benzene rings is 2. The molecule has 1 aromatic heterocycles. The zero-order valence-electron chi connectivity index (χ0n) is 11.2. The molecule has 102 valence electrons. The number of halogens is 1. The summed E-state index contributed by atoms with van der Waals surface area (Å²) in [6.07, 6.45) is 0. The van der Waals surface area contributed by atoms with Gasteiger partial charge in [0.15, 0.2) is 11.5 Å². The summed E-state index contributed by atoms with van der Waals surface area (Å²) in [5.74, 6) is 0.623. The van der Waals surface area contributed by atoms with Gasteiger partial charge in [0.1, 0.15) is 0 Å². The highest BCUT2D eigenvalue weighted by Crippen LogP contribution is 2.42. The summed E-state index contributed by atoms with van der Waals surface area (Å²) in [5, 5.41) is 11.1. The molecule has 0 unspecified atom stereocenters. The van der Waals surface area contributed by atoms with Gasteiger partial charge in [0.05, 0.1) is 17.1 Å². The van der Waals surface area contributed by atoms with Crippen molar-refractivity contribution in [2.75, 3.05) is 7.11 Å². The van der Waals surface area contributed by atoms with Gasteiger partial charge < -0.3 is 14.4 Å². The minimum Gasteiger partial charge on any atom is -0.504 e. The number of hydrogen-bond donors (Lipinski definition) is 1. The Morgan fingerprint density at radius 1 is 1.15 bits per heavy atom. The molecule has 0 fully saturated rings. The second kappa shape index (κ2) is 4.87. The van der Waals surface area contributed by atoms with Gasteiger partial charge in [-0.05, 0) is 47.1 Å². The molecule has 0 aliphatic rings. The minimum absolute atomic E-state index is 0.162. The second-order valence-corrected chi connectivity index (χ2v) is 5.48. The molecule has 0 amide bonds. The van der Waals surface area contributed by atoms with Crippen LogP contribution in [0.25, 0.3) is 16.6 Å². The number of ether oxygens (including phenoxy) is 1. The van der Waals surface area contributed by atoms with Crippen LogP contribution in [0.5, 0.6) is 11.5 Å². The van der Waals surface area contributed by atoms with Crippen molar-refractivity contribution in [2.24, 2.45) is 0 Å². The Balaban J connectivity index is 2.38. The molecule has 1 N–H and O–H groups in total. The Morgan fingerprint density at radius 3 is 2.50 bits per heavy atom. The lowest BCUT2D eigenvalue weighted by molar-refractivity contribution is 0.374. The second-order valence-electron chi connectivity index (χ2n) is 4.63. The number of aromatic hydroxyl groups is 1. The summed E-state index contributed by atoms with van der Waals surface area (Å²) in [7, 11) is 1.55. The molecular weight excluding hydrogens is 318 g/mol. The predicted molar refractivity (Wildman–Crippen MR) is 83.9 cm³/mol. The predicted octanol–water partition coefficient (Wildman–Crippen LogP) is 4.42. The van der Waals surface area contributed by atoms with Crippen molar-refractivity contribution in [1.82, 2.24) is 4.57 Å². The zero-order chi connectivity index (χ0) is 14.3. The summed E-state index contributed by atoms with van der Waals surface area (Å²) in [5.41, 5.74) is 3.07. The smallest absolute Gasteiger partial charge is 0.175 e. The normalized spacial score (nSPS) is 10.9. The highest BCUT2D eigenvalue weighted by atomic mass is 79.9.